The summed E-state index contributed by atoms with van der Waals surface area (Å²) in [7, 11) is 3.11. The van der Waals surface area contributed by atoms with Crippen LogP contribution in [0.5, 0.6) is 0 Å². The average molecular weight is 272 g/mol. The molecule has 0 unspecified atom stereocenters. The lowest BCUT2D eigenvalue weighted by Crippen LogP contribution is -2.55. The van der Waals surface area contributed by atoms with E-state index in [-0.39, 0.29) is 19.5 Å². The molecule has 1 aliphatic heterocycles. The molecule has 0 N–H and O–H groups in total. The van der Waals surface area contributed by atoms with Crippen LogP contribution in [0.25, 0.3) is 0 Å². The number of ether oxygens (including phenoxy) is 2. The minimum Gasteiger partial charge on any atom is -0.385 e. The van der Waals surface area contributed by atoms with Crippen molar-refractivity contribution in [3.05, 3.63) is 0 Å². The van der Waals surface area contributed by atoms with Crippen LogP contribution >= 0.6 is 0 Å². The van der Waals surface area contributed by atoms with Gasteiger partial charge in [-0.15, -0.1) is 0 Å². The van der Waals surface area contributed by atoms with Crippen LogP contribution in [0.15, 0.2) is 0 Å². The van der Waals surface area contributed by atoms with Gasteiger partial charge < -0.3 is 9.47 Å². The molecule has 7 nitrogen and oxygen atoms in total. The van der Waals surface area contributed by atoms with Crippen LogP contribution in [0.4, 0.5) is 4.79 Å². The number of methoxy groups -OCH3 is 2. The average Bonchev–Trinajstić information content (AvgIpc) is 2.37. The fraction of sp³-hybridized carbons (Fsp3) is 0.750. The van der Waals surface area contributed by atoms with Crippen LogP contribution in [0, 0.1) is 0 Å². The van der Waals surface area contributed by atoms with Gasteiger partial charge in [0.15, 0.2) is 0 Å². The van der Waals surface area contributed by atoms with E-state index >= 15 is 0 Å². The number of hydrogen-bond donors (Lipinski definition) is 0. The highest BCUT2D eigenvalue weighted by molar-refractivity contribution is 6.14. The summed E-state index contributed by atoms with van der Waals surface area (Å²) in [6.45, 7) is 1.49. The molecule has 1 heterocycles. The fourth-order valence-electron chi connectivity index (χ4n) is 1.85. The van der Waals surface area contributed by atoms with Crippen molar-refractivity contribution >= 4 is 17.8 Å². The first-order chi connectivity index (χ1) is 9.11. The molecule has 0 bridgehead atoms. The molecule has 4 amide bonds. The van der Waals surface area contributed by atoms with Gasteiger partial charge in [0, 0.05) is 40.5 Å². The van der Waals surface area contributed by atoms with Crippen LogP contribution in [0.3, 0.4) is 0 Å². The number of rotatable bonds is 8. The number of carbonyl (C=O) groups excluding carboxylic acids is 3. The van der Waals surface area contributed by atoms with Crippen LogP contribution in [-0.4, -0.2) is 68.2 Å². The van der Waals surface area contributed by atoms with Gasteiger partial charge in [-0.2, -0.15) is 0 Å². The highest BCUT2D eigenvalue weighted by Gasteiger charge is 2.36. The maximum absolute atomic E-state index is 12.1. The van der Waals surface area contributed by atoms with E-state index < -0.39 is 17.8 Å². The molecule has 0 aliphatic carbocycles. The molecule has 1 aliphatic rings. The first-order valence-corrected chi connectivity index (χ1v) is 6.24. The van der Waals surface area contributed by atoms with E-state index in [1.807, 2.05) is 0 Å². The summed E-state index contributed by atoms with van der Waals surface area (Å²) >= 11 is 0. The summed E-state index contributed by atoms with van der Waals surface area (Å²) < 4.78 is 9.77. The van der Waals surface area contributed by atoms with Crippen molar-refractivity contribution in [2.75, 3.05) is 40.5 Å². The number of hydrogen-bond acceptors (Lipinski definition) is 5. The third kappa shape index (κ3) is 4.29. The fourth-order valence-corrected chi connectivity index (χ4v) is 1.85. The van der Waals surface area contributed by atoms with Crippen molar-refractivity contribution in [3.63, 3.8) is 0 Å². The predicted octanol–water partition coefficient (Wildman–Crippen LogP) is 0.240. The number of nitrogens with zero attached hydrogens (tertiary/aromatic N) is 2. The van der Waals surface area contributed by atoms with Crippen molar-refractivity contribution in [2.24, 2.45) is 0 Å². The monoisotopic (exact) mass is 272 g/mol. The second kappa shape index (κ2) is 7.85. The lowest BCUT2D eigenvalue weighted by Gasteiger charge is -2.32. The van der Waals surface area contributed by atoms with Gasteiger partial charge in [-0.3, -0.25) is 19.4 Å². The molecule has 108 valence electrons. The SMILES string of the molecule is COCCCN1C(=O)CC(=O)N(CCCOC)C1=O. The van der Waals surface area contributed by atoms with E-state index in [0.29, 0.717) is 26.1 Å². The minimum atomic E-state index is -0.534. The Morgan fingerprint density at radius 1 is 0.895 bits per heavy atom. The topological polar surface area (TPSA) is 76.2 Å². The van der Waals surface area contributed by atoms with E-state index in [2.05, 4.69) is 0 Å². The zero-order valence-corrected chi connectivity index (χ0v) is 11.4. The maximum atomic E-state index is 12.1. The lowest BCUT2D eigenvalue weighted by atomic mass is 10.2. The molecule has 0 aromatic carbocycles. The number of amides is 4. The molecule has 0 atom stereocenters. The van der Waals surface area contributed by atoms with Gasteiger partial charge >= 0.3 is 6.03 Å². The van der Waals surface area contributed by atoms with Gasteiger partial charge in [0.2, 0.25) is 11.8 Å². The molecule has 19 heavy (non-hydrogen) atoms. The van der Waals surface area contributed by atoms with Crippen molar-refractivity contribution in [3.8, 4) is 0 Å². The molecule has 0 radical (unpaired) electrons. The first kappa shape index (κ1) is 15.6. The van der Waals surface area contributed by atoms with Gasteiger partial charge in [0.25, 0.3) is 0 Å². The Morgan fingerprint density at radius 3 is 1.68 bits per heavy atom. The van der Waals surface area contributed by atoms with E-state index in [0.717, 1.165) is 9.80 Å². The van der Waals surface area contributed by atoms with Gasteiger partial charge in [-0.05, 0) is 12.8 Å². The van der Waals surface area contributed by atoms with Crippen LogP contribution < -0.4 is 0 Å². The number of carbonyl (C=O) groups is 3. The zero-order chi connectivity index (χ0) is 14.3. The summed E-state index contributed by atoms with van der Waals surface area (Å²) in [5.74, 6) is -0.872. The highest BCUT2D eigenvalue weighted by Crippen LogP contribution is 2.13. The van der Waals surface area contributed by atoms with Gasteiger partial charge in [-0.25, -0.2) is 4.79 Å². The van der Waals surface area contributed by atoms with Crippen molar-refractivity contribution in [1.29, 1.82) is 0 Å². The Morgan fingerprint density at radius 2 is 1.32 bits per heavy atom. The molecule has 7 heteroatoms. The van der Waals surface area contributed by atoms with E-state index in [4.69, 9.17) is 9.47 Å². The van der Waals surface area contributed by atoms with Crippen molar-refractivity contribution in [2.45, 2.75) is 19.3 Å². The maximum Gasteiger partial charge on any atom is 0.333 e. The van der Waals surface area contributed by atoms with Gasteiger partial charge in [0.1, 0.15) is 6.42 Å². The Bertz CT molecular complexity index is 315. The van der Waals surface area contributed by atoms with Gasteiger partial charge in [-0.1, -0.05) is 0 Å². The molecule has 0 saturated carbocycles. The highest BCUT2D eigenvalue weighted by atomic mass is 16.5. The molecule has 0 aromatic heterocycles. The Balaban J connectivity index is 2.59. The number of urea groups is 1. The van der Waals surface area contributed by atoms with Crippen LogP contribution in [0.1, 0.15) is 19.3 Å². The van der Waals surface area contributed by atoms with Crippen LogP contribution in [0.2, 0.25) is 0 Å². The van der Waals surface area contributed by atoms with Crippen molar-refractivity contribution < 1.29 is 23.9 Å². The molecule has 0 spiro atoms. The van der Waals surface area contributed by atoms with Gasteiger partial charge in [0.05, 0.1) is 0 Å². The first-order valence-electron chi connectivity index (χ1n) is 6.24. The summed E-state index contributed by atoms with van der Waals surface area (Å²) in [4.78, 5) is 37.7. The van der Waals surface area contributed by atoms with E-state index in [1.54, 1.807) is 14.2 Å². The molecular weight excluding hydrogens is 252 g/mol. The summed E-state index contributed by atoms with van der Waals surface area (Å²) in [6.07, 6.45) is 0.883. The second-order valence-corrected chi connectivity index (χ2v) is 4.24. The molecular formula is C12H20N2O5. The molecule has 1 rings (SSSR count). The zero-order valence-electron chi connectivity index (χ0n) is 11.4. The normalized spacial score (nSPS) is 16.4. The standard InChI is InChI=1S/C12H20N2O5/c1-18-7-3-5-13-10(15)9-11(16)14(12(13)17)6-4-8-19-2/h3-9H2,1-2H3. The quantitative estimate of drug-likeness (QED) is 0.467. The second-order valence-electron chi connectivity index (χ2n) is 4.24. The van der Waals surface area contributed by atoms with E-state index in [1.165, 1.54) is 0 Å². The minimum absolute atomic E-state index is 0.244. The third-order valence-electron chi connectivity index (χ3n) is 2.83. The largest absolute Gasteiger partial charge is 0.385 e. The van der Waals surface area contributed by atoms with E-state index in [9.17, 15) is 14.4 Å². The summed E-state index contributed by atoms with van der Waals surface area (Å²) in [5, 5.41) is 0. The summed E-state index contributed by atoms with van der Waals surface area (Å²) in [5.41, 5.74) is 0. The molecule has 1 saturated heterocycles. The summed E-state index contributed by atoms with van der Waals surface area (Å²) in [6, 6.07) is -0.534. The third-order valence-corrected chi connectivity index (χ3v) is 2.83. The number of imide groups is 2. The Labute approximate surface area is 112 Å². The predicted molar refractivity (Wildman–Crippen MR) is 66.4 cm³/mol. The van der Waals surface area contributed by atoms with Crippen molar-refractivity contribution in [1.82, 2.24) is 9.80 Å². The Kier molecular flexibility index (Phi) is 6.44. The molecule has 0 aromatic rings. The smallest absolute Gasteiger partial charge is 0.333 e. The van der Waals surface area contributed by atoms with Crippen LogP contribution in [-0.2, 0) is 19.1 Å². The Hall–Kier alpha value is -1.47. The number of barbiturate groups is 1. The lowest BCUT2D eigenvalue weighted by molar-refractivity contribution is -0.142. The molecule has 1 fully saturated rings.